The molecule has 0 aliphatic heterocycles. The summed E-state index contributed by atoms with van der Waals surface area (Å²) in [5, 5.41) is 2.75. The van der Waals surface area contributed by atoms with Gasteiger partial charge in [-0.1, -0.05) is 6.07 Å². The summed E-state index contributed by atoms with van der Waals surface area (Å²) in [5.41, 5.74) is 1.79. The van der Waals surface area contributed by atoms with Gasteiger partial charge in [-0.3, -0.25) is 4.79 Å². The Bertz CT molecular complexity index is 728. The number of carbonyl (C=O) groups excluding carboxylic acids is 2. The first-order chi connectivity index (χ1) is 11.5. The van der Waals surface area contributed by atoms with E-state index < -0.39 is 5.97 Å². The molecule has 0 radical (unpaired) electrons. The fourth-order valence-corrected chi connectivity index (χ4v) is 2.42. The molecule has 0 unspecified atom stereocenters. The Morgan fingerprint density at radius 3 is 2.46 bits per heavy atom. The van der Waals surface area contributed by atoms with Gasteiger partial charge in [0.25, 0.3) is 5.91 Å². The first kappa shape index (κ1) is 17.9. The van der Waals surface area contributed by atoms with E-state index in [1.807, 2.05) is 37.4 Å². The molecule has 1 amide bonds. The highest BCUT2D eigenvalue weighted by molar-refractivity contribution is 7.98. The first-order valence-corrected chi connectivity index (χ1v) is 8.51. The van der Waals surface area contributed by atoms with Crippen LogP contribution in [0.2, 0.25) is 0 Å². The molecule has 0 heterocycles. The number of hydrogen-bond acceptors (Lipinski definition) is 5. The van der Waals surface area contributed by atoms with Crippen molar-refractivity contribution < 1.29 is 19.1 Å². The second kappa shape index (κ2) is 8.40. The third-order valence-corrected chi connectivity index (χ3v) is 4.11. The summed E-state index contributed by atoms with van der Waals surface area (Å²) < 4.78 is 10.1. The van der Waals surface area contributed by atoms with Gasteiger partial charge >= 0.3 is 5.97 Å². The number of nitrogens with one attached hydrogen (secondary N) is 1. The van der Waals surface area contributed by atoms with E-state index in [0.29, 0.717) is 17.0 Å². The molecule has 1 N–H and O–H groups in total. The number of hydrogen-bond donors (Lipinski definition) is 1. The van der Waals surface area contributed by atoms with E-state index in [2.05, 4.69) is 10.1 Å². The Kier molecular flexibility index (Phi) is 6.26. The van der Waals surface area contributed by atoms with Gasteiger partial charge in [-0.15, -0.1) is 11.8 Å². The van der Waals surface area contributed by atoms with Gasteiger partial charge in [-0.05, 0) is 55.1 Å². The van der Waals surface area contributed by atoms with Gasteiger partial charge in [-0.2, -0.15) is 0 Å². The van der Waals surface area contributed by atoms with Crippen LogP contribution in [0.1, 0.15) is 15.9 Å². The molecule has 0 atom stereocenters. The summed E-state index contributed by atoms with van der Waals surface area (Å²) in [6.07, 6.45) is 1.99. The molecule has 24 heavy (non-hydrogen) atoms. The lowest BCUT2D eigenvalue weighted by atomic mass is 10.1. The van der Waals surface area contributed by atoms with Gasteiger partial charge in [0.05, 0.1) is 12.7 Å². The zero-order chi connectivity index (χ0) is 17.5. The monoisotopic (exact) mass is 345 g/mol. The number of benzene rings is 2. The van der Waals surface area contributed by atoms with Crippen LogP contribution in [0.15, 0.2) is 47.4 Å². The van der Waals surface area contributed by atoms with Crippen LogP contribution < -0.4 is 10.1 Å². The molecule has 0 spiro atoms. The smallest absolute Gasteiger partial charge is 0.337 e. The van der Waals surface area contributed by atoms with Crippen LogP contribution in [0.25, 0.3) is 0 Å². The maximum absolute atomic E-state index is 12.1. The van der Waals surface area contributed by atoms with Crippen LogP contribution >= 0.6 is 11.8 Å². The van der Waals surface area contributed by atoms with Crippen LogP contribution in [0.3, 0.4) is 0 Å². The molecule has 2 rings (SSSR count). The Hall–Kier alpha value is -2.47. The molecule has 5 nitrogen and oxygen atoms in total. The van der Waals surface area contributed by atoms with Crippen molar-refractivity contribution in [1.29, 1.82) is 0 Å². The number of rotatable bonds is 6. The number of carbonyl (C=O) groups is 2. The molecule has 0 saturated carbocycles. The molecule has 0 aliphatic carbocycles. The van der Waals surface area contributed by atoms with Crippen LogP contribution in [-0.4, -0.2) is 31.8 Å². The highest BCUT2D eigenvalue weighted by Gasteiger charge is 2.11. The van der Waals surface area contributed by atoms with Crippen molar-refractivity contribution in [3.05, 3.63) is 53.6 Å². The summed E-state index contributed by atoms with van der Waals surface area (Å²) >= 11 is 1.64. The highest BCUT2D eigenvalue weighted by Crippen LogP contribution is 2.20. The van der Waals surface area contributed by atoms with Gasteiger partial charge in [-0.25, -0.2) is 4.79 Å². The number of amides is 1. The molecule has 0 saturated heterocycles. The third kappa shape index (κ3) is 4.76. The fourth-order valence-electron chi connectivity index (χ4n) is 2.01. The van der Waals surface area contributed by atoms with Crippen molar-refractivity contribution in [3.63, 3.8) is 0 Å². The minimum Gasteiger partial charge on any atom is -0.484 e. The summed E-state index contributed by atoms with van der Waals surface area (Å²) in [4.78, 5) is 24.7. The lowest BCUT2D eigenvalue weighted by Gasteiger charge is -2.11. The van der Waals surface area contributed by atoms with E-state index in [1.54, 1.807) is 30.0 Å². The SMILES string of the molecule is COC(=O)c1ccc(C)c(NC(=O)COc2ccc(SC)cc2)c1. The maximum atomic E-state index is 12.1. The largest absolute Gasteiger partial charge is 0.484 e. The standard InChI is InChI=1S/C18H19NO4S/c1-12-4-5-13(18(21)22-2)10-16(12)19-17(20)11-23-14-6-8-15(24-3)9-7-14/h4-10H,11H2,1-3H3,(H,19,20). The zero-order valence-electron chi connectivity index (χ0n) is 13.8. The van der Waals surface area contributed by atoms with E-state index in [4.69, 9.17) is 4.74 Å². The molecule has 0 aliphatic rings. The average molecular weight is 345 g/mol. The van der Waals surface area contributed by atoms with Gasteiger partial charge in [0, 0.05) is 10.6 Å². The van der Waals surface area contributed by atoms with Crippen molar-refractivity contribution >= 4 is 29.3 Å². The number of aryl methyl sites for hydroxylation is 1. The molecule has 2 aromatic rings. The number of esters is 1. The van der Waals surface area contributed by atoms with E-state index in [-0.39, 0.29) is 12.5 Å². The molecular weight excluding hydrogens is 326 g/mol. The van der Waals surface area contributed by atoms with Crippen molar-refractivity contribution in [2.45, 2.75) is 11.8 Å². The van der Waals surface area contributed by atoms with E-state index in [0.717, 1.165) is 10.5 Å². The molecular formula is C18H19NO4S. The zero-order valence-corrected chi connectivity index (χ0v) is 14.6. The molecule has 0 bridgehead atoms. The summed E-state index contributed by atoms with van der Waals surface area (Å²) in [7, 11) is 1.32. The topological polar surface area (TPSA) is 64.6 Å². The summed E-state index contributed by atoms with van der Waals surface area (Å²) in [6, 6.07) is 12.5. The van der Waals surface area contributed by atoms with Gasteiger partial charge in [0.1, 0.15) is 5.75 Å². The van der Waals surface area contributed by atoms with E-state index in [9.17, 15) is 9.59 Å². The number of thioether (sulfide) groups is 1. The molecule has 2 aromatic carbocycles. The van der Waals surface area contributed by atoms with Gasteiger partial charge in [0.15, 0.2) is 6.61 Å². The van der Waals surface area contributed by atoms with Gasteiger partial charge < -0.3 is 14.8 Å². The lowest BCUT2D eigenvalue weighted by molar-refractivity contribution is -0.118. The quantitative estimate of drug-likeness (QED) is 0.641. The van der Waals surface area contributed by atoms with Crippen LogP contribution in [0.5, 0.6) is 5.75 Å². The van der Waals surface area contributed by atoms with E-state index >= 15 is 0 Å². The van der Waals surface area contributed by atoms with Crippen LogP contribution in [-0.2, 0) is 9.53 Å². The van der Waals surface area contributed by atoms with Crippen LogP contribution in [0, 0.1) is 6.92 Å². The van der Waals surface area contributed by atoms with Crippen molar-refractivity contribution in [2.75, 3.05) is 25.3 Å². The average Bonchev–Trinajstić information content (AvgIpc) is 2.61. The molecule has 6 heteroatoms. The Morgan fingerprint density at radius 1 is 1.12 bits per heavy atom. The number of anilines is 1. The molecule has 0 fully saturated rings. The first-order valence-electron chi connectivity index (χ1n) is 7.29. The minimum absolute atomic E-state index is 0.111. The minimum atomic E-state index is -0.448. The molecule has 0 aromatic heterocycles. The van der Waals surface area contributed by atoms with E-state index in [1.165, 1.54) is 7.11 Å². The van der Waals surface area contributed by atoms with Crippen molar-refractivity contribution in [3.8, 4) is 5.75 Å². The second-order valence-electron chi connectivity index (χ2n) is 5.03. The number of methoxy groups -OCH3 is 1. The normalized spacial score (nSPS) is 10.1. The second-order valence-corrected chi connectivity index (χ2v) is 5.91. The van der Waals surface area contributed by atoms with Gasteiger partial charge in [0.2, 0.25) is 0 Å². The fraction of sp³-hybridized carbons (Fsp3) is 0.222. The Morgan fingerprint density at radius 2 is 1.83 bits per heavy atom. The number of ether oxygens (including phenoxy) is 2. The predicted molar refractivity (Wildman–Crippen MR) is 94.9 cm³/mol. The Balaban J connectivity index is 1.97. The summed E-state index contributed by atoms with van der Waals surface area (Å²) in [5.74, 6) is -0.118. The van der Waals surface area contributed by atoms with Crippen molar-refractivity contribution in [2.24, 2.45) is 0 Å². The van der Waals surface area contributed by atoms with Crippen molar-refractivity contribution in [1.82, 2.24) is 0 Å². The lowest BCUT2D eigenvalue weighted by Crippen LogP contribution is -2.21. The summed E-state index contributed by atoms with van der Waals surface area (Å²) in [6.45, 7) is 1.74. The highest BCUT2D eigenvalue weighted by atomic mass is 32.2. The predicted octanol–water partition coefficient (Wildman–Crippen LogP) is 3.52. The Labute approximate surface area is 145 Å². The maximum Gasteiger partial charge on any atom is 0.337 e. The molecule has 126 valence electrons. The third-order valence-electron chi connectivity index (χ3n) is 3.36. The van der Waals surface area contributed by atoms with Crippen LogP contribution in [0.4, 0.5) is 5.69 Å².